The number of rotatable bonds is 38. The summed E-state index contributed by atoms with van der Waals surface area (Å²) in [6, 6.07) is 3.98. The van der Waals surface area contributed by atoms with Crippen LogP contribution in [0, 0.1) is 17.8 Å². The molecule has 0 aliphatic carbocycles. The molecule has 7 amide bonds. The summed E-state index contributed by atoms with van der Waals surface area (Å²) in [5.74, 6) is -1.51. The Bertz CT molecular complexity index is 1940. The van der Waals surface area contributed by atoms with E-state index >= 15 is 0 Å². The van der Waals surface area contributed by atoms with Crippen molar-refractivity contribution in [2.75, 3.05) is 30.8 Å². The van der Waals surface area contributed by atoms with Gasteiger partial charge in [-0.1, -0.05) is 123 Å². The molecule has 4 rings (SSSR count). The number of carbonyl (C=O) groups is 6. The average molecular weight is 1110 g/mol. The number of hydrogen-bond acceptors (Lipinski definition) is 15. The number of thioether (sulfide) groups is 1. The standard InChI is InChI=1S/C55H93N7O14S/c1-5-6-7-8-9-10-11-12-13-14-15-16-20-35(4)47(66)39(32-74-52-50(69)49(68)48(67)42(30-63)76-52)60-55(73)75-31-36-24-26-38(27-25-36)58-51(70)37(21-19-28-57-53(56)71)29-41(64)45(34(2)3)61-44(65)23-18-17-22-43-46-40(33-77-43)59-54(72)62-46/h24-27,34-35,37,39-40,42-43,45-50,52,63,66-69H,5-23,28-33H2,1-4H3,(H,58,70)(H,60,73)(H,61,65)(H3,56,57,71)(H2,59,62,72)/t35-,37-,39+,40+,42?,43+,45+,46+,47-,48+,49+,50?,52+/m1/s1. The van der Waals surface area contributed by atoms with Crippen molar-refractivity contribution in [1.82, 2.24) is 26.6 Å². The first-order valence-electron chi connectivity index (χ1n) is 28.4. The van der Waals surface area contributed by atoms with Crippen LogP contribution in [0.15, 0.2) is 24.3 Å². The van der Waals surface area contributed by atoms with Crippen molar-refractivity contribution in [3.05, 3.63) is 29.8 Å². The highest BCUT2D eigenvalue weighted by Gasteiger charge is 2.45. The molecule has 0 bridgehead atoms. The lowest BCUT2D eigenvalue weighted by Gasteiger charge is -2.40. The number of Topliss-reactive ketones (excluding diaryl/α,β-unsaturated/α-hetero) is 1. The molecule has 13 N–H and O–H groups in total. The summed E-state index contributed by atoms with van der Waals surface area (Å²) in [7, 11) is 0. The van der Waals surface area contributed by atoms with E-state index in [1.54, 1.807) is 24.3 Å². The van der Waals surface area contributed by atoms with Gasteiger partial charge in [0.05, 0.1) is 43.5 Å². The van der Waals surface area contributed by atoms with Gasteiger partial charge in [-0.15, -0.1) is 0 Å². The lowest BCUT2D eigenvalue weighted by atomic mass is 9.89. The summed E-state index contributed by atoms with van der Waals surface area (Å²) in [5.41, 5.74) is 6.20. The minimum atomic E-state index is -1.68. The van der Waals surface area contributed by atoms with Crippen LogP contribution in [0.4, 0.5) is 20.1 Å². The van der Waals surface area contributed by atoms with Gasteiger partial charge in [-0.05, 0) is 61.6 Å². The van der Waals surface area contributed by atoms with Crippen LogP contribution < -0.4 is 37.6 Å². The Morgan fingerprint density at radius 2 is 1.49 bits per heavy atom. The number of nitrogens with two attached hydrogens (primary N) is 1. The third-order valence-corrected chi connectivity index (χ3v) is 16.5. The Morgan fingerprint density at radius 3 is 2.13 bits per heavy atom. The zero-order chi connectivity index (χ0) is 56.3. The second kappa shape index (κ2) is 35.4. The van der Waals surface area contributed by atoms with Crippen molar-refractivity contribution in [3.8, 4) is 0 Å². The lowest BCUT2D eigenvalue weighted by Crippen LogP contribution is -2.60. The molecule has 0 saturated carbocycles. The van der Waals surface area contributed by atoms with Crippen molar-refractivity contribution in [2.45, 2.75) is 229 Å². The highest BCUT2D eigenvalue weighted by atomic mass is 32.2. The quantitative estimate of drug-likeness (QED) is 0.0306. The van der Waals surface area contributed by atoms with Crippen LogP contribution in [0.3, 0.4) is 0 Å². The summed E-state index contributed by atoms with van der Waals surface area (Å²) in [4.78, 5) is 77.2. The maximum absolute atomic E-state index is 13.8. The number of nitrogens with one attached hydrogen (secondary N) is 6. The molecule has 3 fully saturated rings. The second-order valence-electron chi connectivity index (χ2n) is 21.6. The minimum Gasteiger partial charge on any atom is -0.445 e. The summed E-state index contributed by atoms with van der Waals surface area (Å²) < 4.78 is 16.8. The van der Waals surface area contributed by atoms with Gasteiger partial charge in [0.1, 0.15) is 31.0 Å². The van der Waals surface area contributed by atoms with E-state index in [0.717, 1.165) is 44.3 Å². The van der Waals surface area contributed by atoms with Crippen LogP contribution in [0.5, 0.6) is 0 Å². The van der Waals surface area contributed by atoms with Crippen LogP contribution in [-0.4, -0.2) is 153 Å². The van der Waals surface area contributed by atoms with E-state index in [1.807, 2.05) is 32.5 Å². The molecule has 3 aliphatic rings. The average Bonchev–Trinajstić information content (AvgIpc) is 3.97. The number of amides is 7. The normalized spacial score (nSPS) is 23.9. The number of carbonyl (C=O) groups excluding carboxylic acids is 6. The largest absolute Gasteiger partial charge is 0.445 e. The number of anilines is 1. The fourth-order valence-electron chi connectivity index (χ4n) is 10.2. The van der Waals surface area contributed by atoms with E-state index in [4.69, 9.17) is 19.9 Å². The Morgan fingerprint density at radius 1 is 0.831 bits per heavy atom. The van der Waals surface area contributed by atoms with Gasteiger partial charge in [-0.25, -0.2) is 14.4 Å². The molecule has 1 aromatic rings. The first-order valence-corrected chi connectivity index (χ1v) is 29.4. The minimum absolute atomic E-state index is 0.0866. The predicted octanol–water partition coefficient (Wildman–Crippen LogP) is 5.02. The first kappa shape index (κ1) is 65.2. The van der Waals surface area contributed by atoms with Crippen LogP contribution in [-0.2, 0) is 35.2 Å². The molecule has 0 spiro atoms. The van der Waals surface area contributed by atoms with Gasteiger partial charge in [0.25, 0.3) is 0 Å². The zero-order valence-electron chi connectivity index (χ0n) is 46.0. The van der Waals surface area contributed by atoms with E-state index in [2.05, 4.69) is 38.8 Å². The summed E-state index contributed by atoms with van der Waals surface area (Å²) >= 11 is 1.81. The number of urea groups is 2. The second-order valence-corrected chi connectivity index (χ2v) is 22.9. The number of fused-ring (bicyclic) bond motifs is 1. The molecule has 438 valence electrons. The van der Waals surface area contributed by atoms with Crippen LogP contribution in [0.2, 0.25) is 0 Å². The van der Waals surface area contributed by atoms with E-state index in [1.165, 1.54) is 51.4 Å². The predicted molar refractivity (Wildman–Crippen MR) is 293 cm³/mol. The van der Waals surface area contributed by atoms with Crippen molar-refractivity contribution in [2.24, 2.45) is 23.5 Å². The molecule has 3 aliphatic heterocycles. The highest BCUT2D eigenvalue weighted by molar-refractivity contribution is 8.00. The van der Waals surface area contributed by atoms with Gasteiger partial charge in [-0.3, -0.25) is 14.4 Å². The Labute approximate surface area is 459 Å². The number of ketones is 1. The first-order chi connectivity index (χ1) is 36.9. The molecule has 22 heteroatoms. The molecule has 13 atom stereocenters. The third-order valence-electron chi connectivity index (χ3n) is 14.9. The Hall–Kier alpha value is -4.29. The van der Waals surface area contributed by atoms with E-state index in [9.17, 15) is 54.3 Å². The molecule has 3 saturated heterocycles. The monoisotopic (exact) mass is 1110 g/mol. The summed E-state index contributed by atoms with van der Waals surface area (Å²) in [5, 5.41) is 69.5. The van der Waals surface area contributed by atoms with Crippen LogP contribution >= 0.6 is 11.8 Å². The van der Waals surface area contributed by atoms with Gasteiger partial charge in [0.15, 0.2) is 12.1 Å². The van der Waals surface area contributed by atoms with Gasteiger partial charge in [0, 0.05) is 42.0 Å². The number of aliphatic hydroxyl groups is 5. The van der Waals surface area contributed by atoms with Crippen molar-refractivity contribution in [1.29, 1.82) is 0 Å². The maximum atomic E-state index is 13.8. The fraction of sp³-hybridized carbons (Fsp3) is 0.782. The number of alkyl carbamates (subject to hydrolysis) is 1. The van der Waals surface area contributed by atoms with Crippen molar-refractivity contribution < 1.29 is 68.5 Å². The molecule has 1 aromatic carbocycles. The number of benzene rings is 1. The molecule has 2 unspecified atom stereocenters. The SMILES string of the molecule is CCCCCCCCCCCCCC[C@@H](C)[C@@H](O)[C@H](CO[C@H]1OC(CO)[C@H](O)[C@H](O)C1O)NC(=O)OCc1ccc(NC(=O)[C@H](CCCNC(N)=O)CC(=O)[C@@H](NC(=O)CCCC[C@@H]2SC[C@@H]3NC(=O)N[C@@H]32)C(C)C)cc1. The Kier molecular flexibility index (Phi) is 29.9. The van der Waals surface area contributed by atoms with Crippen molar-refractivity contribution in [3.63, 3.8) is 0 Å². The van der Waals surface area contributed by atoms with Crippen molar-refractivity contribution >= 4 is 53.2 Å². The zero-order valence-corrected chi connectivity index (χ0v) is 46.8. The highest BCUT2D eigenvalue weighted by Crippen LogP contribution is 2.33. The molecule has 0 radical (unpaired) electrons. The molecular weight excluding hydrogens is 1010 g/mol. The van der Waals surface area contributed by atoms with Crippen LogP contribution in [0.25, 0.3) is 0 Å². The smallest absolute Gasteiger partial charge is 0.407 e. The number of aliphatic hydroxyl groups excluding tert-OH is 5. The molecule has 21 nitrogen and oxygen atoms in total. The fourth-order valence-corrected chi connectivity index (χ4v) is 11.7. The van der Waals surface area contributed by atoms with Crippen LogP contribution in [0.1, 0.15) is 162 Å². The van der Waals surface area contributed by atoms with Gasteiger partial charge in [0.2, 0.25) is 11.8 Å². The maximum Gasteiger partial charge on any atom is 0.407 e. The van der Waals surface area contributed by atoms with Gasteiger partial charge < -0.3 is 77.4 Å². The van der Waals surface area contributed by atoms with Gasteiger partial charge in [-0.2, -0.15) is 11.8 Å². The molecule has 77 heavy (non-hydrogen) atoms. The molecular formula is C55H93N7O14S. The summed E-state index contributed by atoms with van der Waals surface area (Å²) in [6.07, 6.45) is 8.20. The molecule has 0 aromatic heterocycles. The third kappa shape index (κ3) is 23.1. The number of hydrogen-bond donors (Lipinski definition) is 12. The lowest BCUT2D eigenvalue weighted by molar-refractivity contribution is -0.303. The summed E-state index contributed by atoms with van der Waals surface area (Å²) in [6.45, 7) is 6.70. The van der Waals surface area contributed by atoms with E-state index in [0.29, 0.717) is 30.5 Å². The Balaban J connectivity index is 1.29. The van der Waals surface area contributed by atoms with E-state index < -0.39 is 79.4 Å². The number of unbranched alkanes of at least 4 members (excludes halogenated alkanes) is 12. The van der Waals surface area contributed by atoms with E-state index in [-0.39, 0.29) is 85.9 Å². The topological polar surface area (TPSA) is 329 Å². The number of primary amides is 1. The molecule has 3 heterocycles. The van der Waals surface area contributed by atoms with Gasteiger partial charge >= 0.3 is 18.2 Å². The number of ether oxygens (including phenoxy) is 3.